The van der Waals surface area contributed by atoms with Gasteiger partial charge in [-0.15, -0.1) is 0 Å². The molecule has 0 saturated carbocycles. The van der Waals surface area contributed by atoms with Crippen molar-refractivity contribution in [1.29, 1.82) is 0 Å². The molecular formula is C73H58F2N2. The number of para-hydroxylation sites is 2. The molecule has 10 aromatic carbocycles. The van der Waals surface area contributed by atoms with E-state index >= 15 is 0 Å². The monoisotopic (exact) mass is 1000 g/mol. The number of rotatable bonds is 10. The van der Waals surface area contributed by atoms with E-state index in [1.165, 1.54) is 113 Å². The third-order valence-electron chi connectivity index (χ3n) is 16.7. The molecule has 0 atom stereocenters. The summed E-state index contributed by atoms with van der Waals surface area (Å²) in [6, 6.07) is 75.2. The fraction of sp³-hybridized carbons (Fsp3) is 0.123. The number of fused-ring (bicyclic) bond motifs is 9. The van der Waals surface area contributed by atoms with Gasteiger partial charge in [0.15, 0.2) is 0 Å². The van der Waals surface area contributed by atoms with Crippen LogP contribution in [0, 0.1) is 11.6 Å². The van der Waals surface area contributed by atoms with Crippen LogP contribution in [0.15, 0.2) is 218 Å². The highest BCUT2D eigenvalue weighted by Crippen LogP contribution is 2.54. The molecule has 0 aliphatic heterocycles. The number of halogens is 2. The molecule has 3 aliphatic carbocycles. The van der Waals surface area contributed by atoms with Crippen molar-refractivity contribution in [3.63, 3.8) is 0 Å². The summed E-state index contributed by atoms with van der Waals surface area (Å²) in [7, 11) is 0. The van der Waals surface area contributed by atoms with E-state index in [4.69, 9.17) is 0 Å². The number of anilines is 6. The Labute approximate surface area is 451 Å². The van der Waals surface area contributed by atoms with E-state index in [1.807, 2.05) is 60.7 Å². The van der Waals surface area contributed by atoms with E-state index < -0.39 is 0 Å². The zero-order chi connectivity index (χ0) is 52.8. The summed E-state index contributed by atoms with van der Waals surface area (Å²) in [6.07, 6.45) is 9.01. The van der Waals surface area contributed by atoms with Gasteiger partial charge in [-0.25, -0.2) is 8.78 Å². The number of hydrogen-bond donors (Lipinski definition) is 0. The maximum atomic E-state index is 14.1. The van der Waals surface area contributed by atoms with Crippen molar-refractivity contribution in [3.05, 3.63) is 286 Å². The lowest BCUT2D eigenvalue weighted by atomic mass is 9.81. The molecule has 3 aliphatic rings. The van der Waals surface area contributed by atoms with E-state index in [1.54, 1.807) is 0 Å². The second kappa shape index (κ2) is 18.2. The van der Waals surface area contributed by atoms with Crippen molar-refractivity contribution in [2.45, 2.75) is 57.8 Å². The van der Waals surface area contributed by atoms with Crippen LogP contribution in [-0.4, -0.2) is 0 Å². The van der Waals surface area contributed by atoms with Gasteiger partial charge in [0, 0.05) is 50.4 Å². The van der Waals surface area contributed by atoms with Crippen molar-refractivity contribution < 1.29 is 8.78 Å². The molecule has 0 N–H and O–H groups in total. The first-order chi connectivity index (χ1) is 37.2. The van der Waals surface area contributed by atoms with E-state index in [-0.39, 0.29) is 27.9 Å². The predicted molar refractivity (Wildman–Crippen MR) is 319 cm³/mol. The molecule has 2 nitrogen and oxygen atoms in total. The summed E-state index contributed by atoms with van der Waals surface area (Å²) in [5.41, 5.74) is 25.5. The Hall–Kier alpha value is -8.86. The predicted octanol–water partition coefficient (Wildman–Crippen LogP) is 20.2. The first-order valence-corrected chi connectivity index (χ1v) is 26.7. The molecule has 0 radical (unpaired) electrons. The molecule has 0 heterocycles. The Balaban J connectivity index is 0.730. The third-order valence-corrected chi connectivity index (χ3v) is 16.7. The average Bonchev–Trinajstić information content (AvgIpc) is 4.07. The normalized spacial score (nSPS) is 14.7. The first kappa shape index (κ1) is 47.8. The summed E-state index contributed by atoms with van der Waals surface area (Å²) in [4.78, 5) is 4.40. The molecule has 4 heteroatoms. The van der Waals surface area contributed by atoms with Crippen LogP contribution < -0.4 is 9.80 Å². The van der Waals surface area contributed by atoms with Gasteiger partial charge in [0.05, 0.1) is 0 Å². The molecule has 13 rings (SSSR count). The summed E-state index contributed by atoms with van der Waals surface area (Å²) in [5, 5.41) is 0. The maximum Gasteiger partial charge on any atom is 0.123 e. The van der Waals surface area contributed by atoms with Crippen LogP contribution >= 0.6 is 0 Å². The molecule has 0 bridgehead atoms. The lowest BCUT2D eigenvalue weighted by molar-refractivity contribution is 0.627. The van der Waals surface area contributed by atoms with Gasteiger partial charge in [0.2, 0.25) is 0 Å². The lowest BCUT2D eigenvalue weighted by Crippen LogP contribution is -2.16. The fourth-order valence-corrected chi connectivity index (χ4v) is 12.6. The highest BCUT2D eigenvalue weighted by Gasteiger charge is 2.39. The van der Waals surface area contributed by atoms with Gasteiger partial charge < -0.3 is 9.80 Å². The number of hydrogen-bond acceptors (Lipinski definition) is 2. The van der Waals surface area contributed by atoms with Crippen molar-refractivity contribution in [2.24, 2.45) is 0 Å². The van der Waals surface area contributed by atoms with Crippen LogP contribution in [-0.2, 0) is 16.2 Å². The summed E-state index contributed by atoms with van der Waals surface area (Å²) < 4.78 is 28.2. The summed E-state index contributed by atoms with van der Waals surface area (Å²) in [6.45, 7) is 14.0. The molecule has 0 fully saturated rings. The molecule has 0 aromatic heterocycles. The first-order valence-electron chi connectivity index (χ1n) is 26.7. The topological polar surface area (TPSA) is 6.48 Å². The van der Waals surface area contributed by atoms with Crippen molar-refractivity contribution >= 4 is 58.4 Å². The van der Waals surface area contributed by atoms with Crippen LogP contribution in [0.1, 0.15) is 97.2 Å². The maximum absolute atomic E-state index is 14.1. The minimum absolute atomic E-state index is 0.178. The highest BCUT2D eigenvalue weighted by molar-refractivity contribution is 5.90. The second-order valence-corrected chi connectivity index (χ2v) is 22.5. The zero-order valence-electron chi connectivity index (χ0n) is 44.2. The molecule has 0 saturated heterocycles. The van der Waals surface area contributed by atoms with Crippen LogP contribution in [0.25, 0.3) is 57.7 Å². The minimum atomic E-state index is -0.250. The molecule has 77 heavy (non-hydrogen) atoms. The van der Waals surface area contributed by atoms with E-state index in [0.29, 0.717) is 0 Å². The van der Waals surface area contributed by atoms with Gasteiger partial charge in [-0.2, -0.15) is 0 Å². The zero-order valence-corrected chi connectivity index (χ0v) is 44.2. The third kappa shape index (κ3) is 8.13. The Morgan fingerprint density at radius 2 is 0.494 bits per heavy atom. The highest BCUT2D eigenvalue weighted by atomic mass is 19.1. The number of nitrogens with zero attached hydrogens (tertiary/aromatic N) is 2. The van der Waals surface area contributed by atoms with Gasteiger partial charge in [-0.1, -0.05) is 187 Å². The van der Waals surface area contributed by atoms with Crippen LogP contribution in [0.2, 0.25) is 0 Å². The molecule has 0 amide bonds. The van der Waals surface area contributed by atoms with Crippen LogP contribution in [0.3, 0.4) is 0 Å². The van der Waals surface area contributed by atoms with Crippen molar-refractivity contribution in [2.75, 3.05) is 9.80 Å². The number of benzene rings is 10. The smallest absolute Gasteiger partial charge is 0.123 e. The average molecular weight is 1000 g/mol. The van der Waals surface area contributed by atoms with E-state index in [2.05, 4.69) is 209 Å². The molecule has 0 spiro atoms. The SMILES string of the molecule is CC1(C)c2cc(C=Cc3ccc4c(c3)C(C)(C)c3cc(N(c5ccccc5)c5ccc(F)cc5)ccc3-4)ccc2-c2ccc(C=Cc3ccc4c(c3)C(C)(C)c3cc(N(c5ccccc5)c5ccc(F)cc5)ccc3-4)cc21. The molecule has 0 unspecified atom stereocenters. The fourth-order valence-electron chi connectivity index (χ4n) is 12.6. The van der Waals surface area contributed by atoms with Gasteiger partial charge in [-0.3, -0.25) is 0 Å². The van der Waals surface area contributed by atoms with Gasteiger partial charge in [0.25, 0.3) is 0 Å². The van der Waals surface area contributed by atoms with Crippen LogP contribution in [0.5, 0.6) is 0 Å². The Kier molecular flexibility index (Phi) is 11.3. The van der Waals surface area contributed by atoms with Crippen LogP contribution in [0.4, 0.5) is 42.9 Å². The van der Waals surface area contributed by atoms with Crippen molar-refractivity contribution in [3.8, 4) is 33.4 Å². The van der Waals surface area contributed by atoms with E-state index in [0.717, 1.165) is 34.1 Å². The van der Waals surface area contributed by atoms with Gasteiger partial charge >= 0.3 is 0 Å². The summed E-state index contributed by atoms with van der Waals surface area (Å²) >= 11 is 0. The largest absolute Gasteiger partial charge is 0.310 e. The quantitative estimate of drug-likeness (QED) is 0.126. The minimum Gasteiger partial charge on any atom is -0.310 e. The molecule has 374 valence electrons. The van der Waals surface area contributed by atoms with E-state index in [9.17, 15) is 8.78 Å². The Morgan fingerprint density at radius 1 is 0.260 bits per heavy atom. The Morgan fingerprint density at radius 3 is 0.779 bits per heavy atom. The molecule has 10 aromatic rings. The standard InChI is InChI=1S/C73H58F2N2/c1-71(2)65-41-47(17-19-49-23-37-61-63-39-33-57(45-69(63)72(3,4)67(61)43-49)76(53-13-9-7-10-14-53)55-29-25-51(74)26-30-55)21-35-59(65)60-36-22-48(42-66(60)71)18-20-50-24-38-62-64-40-34-58(46-70(64)73(5,6)68(62)44-50)77(54-15-11-8-12-16-54)56-31-27-52(75)28-32-56/h7-46H,1-6H3. The second-order valence-electron chi connectivity index (χ2n) is 22.5. The molecular weight excluding hydrogens is 943 g/mol. The summed E-state index contributed by atoms with van der Waals surface area (Å²) in [5.74, 6) is -0.499. The van der Waals surface area contributed by atoms with Gasteiger partial charge in [0.1, 0.15) is 11.6 Å². The lowest BCUT2D eigenvalue weighted by Gasteiger charge is -2.28. The van der Waals surface area contributed by atoms with Crippen molar-refractivity contribution in [1.82, 2.24) is 0 Å². The van der Waals surface area contributed by atoms with Gasteiger partial charge in [-0.05, 0) is 186 Å². The Bertz CT molecular complexity index is 3750.